The maximum absolute atomic E-state index is 12.9. The minimum atomic E-state index is -0.711. The second-order valence-electron chi connectivity index (χ2n) is 7.31. The molecule has 3 heterocycles. The Morgan fingerprint density at radius 2 is 2.06 bits per heavy atom. The van der Waals surface area contributed by atoms with Gasteiger partial charge in [0.15, 0.2) is 16.7 Å². The van der Waals surface area contributed by atoms with Crippen LogP contribution in [0, 0.1) is 5.92 Å². The quantitative estimate of drug-likeness (QED) is 0.300. The summed E-state index contributed by atoms with van der Waals surface area (Å²) in [5.41, 5.74) is 4.62. The lowest BCUT2D eigenvalue weighted by Crippen LogP contribution is -2.43. The number of nitrogens with two attached hydrogens (primary N) is 1. The van der Waals surface area contributed by atoms with Crippen LogP contribution in [0.15, 0.2) is 50.2 Å². The van der Waals surface area contributed by atoms with E-state index in [9.17, 15) is 14.4 Å². The second-order valence-corrected chi connectivity index (χ2v) is 8.25. The number of nitrogen functional groups attached to an aromatic ring is 1. The van der Waals surface area contributed by atoms with Crippen LogP contribution in [0.25, 0.3) is 11.6 Å². The van der Waals surface area contributed by atoms with E-state index in [0.29, 0.717) is 29.8 Å². The molecule has 0 spiro atoms. The predicted molar refractivity (Wildman–Crippen MR) is 118 cm³/mol. The molecule has 0 aliphatic heterocycles. The van der Waals surface area contributed by atoms with Crippen LogP contribution in [0.4, 0.5) is 5.82 Å². The van der Waals surface area contributed by atoms with Crippen molar-refractivity contribution in [2.45, 2.75) is 32.1 Å². The molecule has 0 unspecified atom stereocenters. The molecule has 0 aliphatic carbocycles. The molecule has 3 aromatic heterocycles. The number of aromatic nitrogens is 5. The average Bonchev–Trinajstić information content (AvgIpc) is 3.38. The number of carbonyl (C=O) groups is 1. The van der Waals surface area contributed by atoms with Crippen LogP contribution in [0.2, 0.25) is 0 Å². The first-order valence-corrected chi connectivity index (χ1v) is 10.6. The van der Waals surface area contributed by atoms with Crippen molar-refractivity contribution < 1.29 is 9.21 Å². The number of hydrogen-bond donors (Lipinski definition) is 1. The van der Waals surface area contributed by atoms with E-state index in [4.69, 9.17) is 10.2 Å². The fourth-order valence-corrected chi connectivity index (χ4v) is 3.89. The zero-order valence-corrected chi connectivity index (χ0v) is 18.4. The van der Waals surface area contributed by atoms with E-state index in [1.165, 1.54) is 17.9 Å². The maximum Gasteiger partial charge on any atom is 0.332 e. The SMILES string of the molecule is C=CCn1c(SCC(=O)c2c(N)n(CC(C)C)c(=O)n(C)c2=O)nnc1-c1ccco1. The highest BCUT2D eigenvalue weighted by molar-refractivity contribution is 7.99. The third-order valence-electron chi connectivity index (χ3n) is 4.51. The number of anilines is 1. The van der Waals surface area contributed by atoms with Crippen LogP contribution in [0.5, 0.6) is 0 Å². The zero-order valence-electron chi connectivity index (χ0n) is 17.6. The fourth-order valence-electron chi connectivity index (χ4n) is 3.07. The molecule has 0 aliphatic rings. The lowest BCUT2D eigenvalue weighted by molar-refractivity contribution is 0.102. The van der Waals surface area contributed by atoms with Gasteiger partial charge in [0.1, 0.15) is 11.4 Å². The number of carbonyl (C=O) groups excluding carboxylic acids is 1. The van der Waals surface area contributed by atoms with Crippen LogP contribution in [0.3, 0.4) is 0 Å². The minimum Gasteiger partial charge on any atom is -0.461 e. The van der Waals surface area contributed by atoms with Gasteiger partial charge in [-0.2, -0.15) is 0 Å². The molecule has 0 radical (unpaired) electrons. The third kappa shape index (κ3) is 4.41. The summed E-state index contributed by atoms with van der Waals surface area (Å²) in [6.45, 7) is 8.27. The number of Topliss-reactive ketones (excluding diaryl/α,β-unsaturated/α-hetero) is 1. The Morgan fingerprint density at radius 1 is 1.32 bits per heavy atom. The summed E-state index contributed by atoms with van der Waals surface area (Å²) < 4.78 is 9.32. The van der Waals surface area contributed by atoms with Crippen LogP contribution in [-0.4, -0.2) is 35.4 Å². The van der Waals surface area contributed by atoms with E-state index >= 15 is 0 Å². The van der Waals surface area contributed by atoms with Crippen molar-refractivity contribution >= 4 is 23.4 Å². The van der Waals surface area contributed by atoms with E-state index in [1.54, 1.807) is 22.8 Å². The number of furan rings is 1. The number of rotatable bonds is 9. The van der Waals surface area contributed by atoms with Gasteiger partial charge in [-0.1, -0.05) is 31.7 Å². The number of allylic oxidation sites excluding steroid dienone is 1. The molecular weight excluding hydrogens is 420 g/mol. The molecule has 31 heavy (non-hydrogen) atoms. The molecule has 0 saturated heterocycles. The van der Waals surface area contributed by atoms with Gasteiger partial charge in [0.05, 0.1) is 12.0 Å². The van der Waals surface area contributed by atoms with Crippen molar-refractivity contribution in [2.24, 2.45) is 13.0 Å². The Bertz CT molecular complexity index is 1220. The van der Waals surface area contributed by atoms with E-state index in [-0.39, 0.29) is 23.1 Å². The van der Waals surface area contributed by atoms with Gasteiger partial charge >= 0.3 is 5.69 Å². The summed E-state index contributed by atoms with van der Waals surface area (Å²) in [5, 5.41) is 8.74. The summed E-state index contributed by atoms with van der Waals surface area (Å²) in [6, 6.07) is 3.49. The Kier molecular flexibility index (Phi) is 6.64. The second kappa shape index (κ2) is 9.21. The van der Waals surface area contributed by atoms with Gasteiger partial charge in [0.2, 0.25) is 5.82 Å². The summed E-state index contributed by atoms with van der Waals surface area (Å²) >= 11 is 1.11. The number of nitrogens with zero attached hydrogens (tertiary/aromatic N) is 5. The monoisotopic (exact) mass is 444 g/mol. The Hall–Kier alpha value is -3.34. The summed E-state index contributed by atoms with van der Waals surface area (Å²) in [5.74, 6) is 0.427. The van der Waals surface area contributed by atoms with E-state index in [1.807, 2.05) is 13.8 Å². The zero-order chi connectivity index (χ0) is 22.7. The molecule has 164 valence electrons. The Morgan fingerprint density at radius 3 is 2.68 bits per heavy atom. The lowest BCUT2D eigenvalue weighted by atomic mass is 10.2. The normalized spacial score (nSPS) is 11.2. The molecule has 0 saturated carbocycles. The van der Waals surface area contributed by atoms with Gasteiger partial charge in [0, 0.05) is 20.1 Å². The molecule has 0 amide bonds. The van der Waals surface area contributed by atoms with Gasteiger partial charge < -0.3 is 10.2 Å². The van der Waals surface area contributed by atoms with Crippen LogP contribution in [0.1, 0.15) is 24.2 Å². The molecule has 0 atom stereocenters. The topological polar surface area (TPSA) is 131 Å². The summed E-state index contributed by atoms with van der Waals surface area (Å²) in [7, 11) is 1.33. The standard InChI is InChI=1S/C20H24N6O4S/c1-5-8-25-17(14-7-6-9-30-14)22-23-19(25)31-11-13(27)15-16(21)26(10-12(2)3)20(29)24(4)18(15)28/h5-7,9,12H,1,8,10-11,21H2,2-4H3. The fraction of sp³-hybridized carbons (Fsp3) is 0.350. The lowest BCUT2D eigenvalue weighted by Gasteiger charge is -2.16. The van der Waals surface area contributed by atoms with E-state index < -0.39 is 17.0 Å². The summed E-state index contributed by atoms with van der Waals surface area (Å²) in [4.78, 5) is 38.0. The van der Waals surface area contributed by atoms with Crippen LogP contribution >= 0.6 is 11.8 Å². The predicted octanol–water partition coefficient (Wildman–Crippen LogP) is 1.80. The Balaban J connectivity index is 1.92. The molecule has 0 bridgehead atoms. The van der Waals surface area contributed by atoms with Crippen molar-refractivity contribution in [2.75, 3.05) is 11.5 Å². The molecule has 10 nitrogen and oxygen atoms in total. The largest absolute Gasteiger partial charge is 0.461 e. The van der Waals surface area contributed by atoms with Crippen LogP contribution < -0.4 is 17.0 Å². The van der Waals surface area contributed by atoms with Gasteiger partial charge in [-0.3, -0.25) is 23.3 Å². The first-order chi connectivity index (χ1) is 14.8. The summed E-state index contributed by atoms with van der Waals surface area (Å²) in [6.07, 6.45) is 3.21. The van der Waals surface area contributed by atoms with Gasteiger partial charge in [0.25, 0.3) is 5.56 Å². The van der Waals surface area contributed by atoms with Crippen molar-refractivity contribution in [3.8, 4) is 11.6 Å². The van der Waals surface area contributed by atoms with Gasteiger partial charge in [-0.15, -0.1) is 16.8 Å². The Labute approximate surface area is 182 Å². The molecule has 3 rings (SSSR count). The minimum absolute atomic E-state index is 0.104. The highest BCUT2D eigenvalue weighted by Crippen LogP contribution is 2.25. The maximum atomic E-state index is 12.9. The van der Waals surface area contributed by atoms with Gasteiger partial charge in [-0.05, 0) is 18.1 Å². The molecular formula is C20H24N6O4S. The number of ketones is 1. The molecule has 11 heteroatoms. The van der Waals surface area contributed by atoms with E-state index in [2.05, 4.69) is 16.8 Å². The van der Waals surface area contributed by atoms with E-state index in [0.717, 1.165) is 16.3 Å². The van der Waals surface area contributed by atoms with Crippen LogP contribution in [-0.2, 0) is 20.1 Å². The molecule has 3 aromatic rings. The number of thioether (sulfide) groups is 1. The van der Waals surface area contributed by atoms with Crippen molar-refractivity contribution in [3.63, 3.8) is 0 Å². The highest BCUT2D eigenvalue weighted by atomic mass is 32.2. The highest BCUT2D eigenvalue weighted by Gasteiger charge is 2.23. The smallest absolute Gasteiger partial charge is 0.332 e. The van der Waals surface area contributed by atoms with Crippen molar-refractivity contribution in [1.29, 1.82) is 0 Å². The molecule has 2 N–H and O–H groups in total. The van der Waals surface area contributed by atoms with Crippen molar-refractivity contribution in [3.05, 3.63) is 57.5 Å². The molecule has 0 aromatic carbocycles. The third-order valence-corrected chi connectivity index (χ3v) is 5.48. The molecule has 0 fully saturated rings. The average molecular weight is 445 g/mol. The first kappa shape index (κ1) is 22.3. The van der Waals surface area contributed by atoms with Gasteiger partial charge in [-0.25, -0.2) is 4.79 Å². The van der Waals surface area contributed by atoms with Crippen molar-refractivity contribution in [1.82, 2.24) is 23.9 Å². The number of hydrogen-bond acceptors (Lipinski definition) is 8. The first-order valence-electron chi connectivity index (χ1n) is 9.59.